The quantitative estimate of drug-likeness (QED) is 0.442. The average molecular weight is 493 g/mol. The highest BCUT2D eigenvalue weighted by Crippen LogP contribution is 2.46. The van der Waals surface area contributed by atoms with Gasteiger partial charge in [-0.15, -0.1) is 0 Å². The van der Waals surface area contributed by atoms with Crippen LogP contribution in [0.3, 0.4) is 0 Å². The Bertz CT molecular complexity index is 1230. The van der Waals surface area contributed by atoms with Crippen molar-refractivity contribution in [1.29, 1.82) is 0 Å². The van der Waals surface area contributed by atoms with Crippen LogP contribution < -0.4 is 14.4 Å². The topological polar surface area (TPSA) is 68.3 Å². The van der Waals surface area contributed by atoms with Crippen molar-refractivity contribution in [2.75, 3.05) is 18.6 Å². The highest BCUT2D eigenvalue weighted by molar-refractivity contribution is 6.31. The molecule has 0 aromatic heterocycles. The van der Waals surface area contributed by atoms with Crippen LogP contribution in [0.15, 0.2) is 72.8 Å². The van der Waals surface area contributed by atoms with Crippen LogP contribution in [-0.2, 0) is 21.0 Å². The van der Waals surface area contributed by atoms with E-state index >= 15 is 0 Å². The summed E-state index contributed by atoms with van der Waals surface area (Å²) in [6.07, 6.45) is -0.891. The van der Waals surface area contributed by atoms with Crippen molar-refractivity contribution in [3.05, 3.63) is 88.9 Å². The number of ether oxygens (including phenoxy) is 2. The number of hydrogen-bond donors (Lipinski definition) is 0. The second-order valence-corrected chi connectivity index (χ2v) is 8.88. The number of rotatable bonds is 7. The molecule has 3 aromatic rings. The van der Waals surface area contributed by atoms with Crippen LogP contribution in [0.1, 0.15) is 24.1 Å². The molecule has 2 saturated heterocycles. The highest BCUT2D eigenvalue weighted by Gasteiger charge is 2.59. The van der Waals surface area contributed by atoms with E-state index in [1.165, 1.54) is 4.90 Å². The van der Waals surface area contributed by atoms with E-state index in [2.05, 4.69) is 0 Å². The lowest BCUT2D eigenvalue weighted by Crippen LogP contribution is -2.36. The van der Waals surface area contributed by atoms with E-state index < -0.39 is 18.1 Å². The molecule has 0 saturated carbocycles. The molecule has 2 amide bonds. The van der Waals surface area contributed by atoms with Gasteiger partial charge in [0, 0.05) is 12.1 Å². The molecular weight excluding hydrogens is 468 g/mol. The second-order valence-electron chi connectivity index (χ2n) is 8.44. The lowest BCUT2D eigenvalue weighted by molar-refractivity contribution is -0.160. The smallest absolute Gasteiger partial charge is 0.265 e. The fourth-order valence-electron chi connectivity index (χ4n) is 4.64. The molecule has 35 heavy (non-hydrogen) atoms. The molecule has 0 spiro atoms. The normalized spacial score (nSPS) is 21.9. The van der Waals surface area contributed by atoms with Gasteiger partial charge in [0.05, 0.1) is 24.3 Å². The van der Waals surface area contributed by atoms with Gasteiger partial charge >= 0.3 is 0 Å². The first-order chi connectivity index (χ1) is 17.0. The molecule has 2 fully saturated rings. The maximum Gasteiger partial charge on any atom is 0.265 e. The van der Waals surface area contributed by atoms with Crippen LogP contribution >= 0.6 is 11.6 Å². The predicted octanol–water partition coefficient (Wildman–Crippen LogP) is 4.79. The summed E-state index contributed by atoms with van der Waals surface area (Å²) in [5.41, 5.74) is 2.32. The molecule has 3 atom stereocenters. The Morgan fingerprint density at radius 1 is 0.914 bits per heavy atom. The third kappa shape index (κ3) is 4.38. The van der Waals surface area contributed by atoms with E-state index in [1.807, 2.05) is 55.5 Å². The SMILES string of the molecule is CCOc1cc([C@H]2[C@H]3C(=O)N(c4ccc(Cl)cc4)C(=O)[C@@H]3ON2C)ccc1OCc1ccccc1. The van der Waals surface area contributed by atoms with Crippen molar-refractivity contribution < 1.29 is 23.9 Å². The zero-order valence-electron chi connectivity index (χ0n) is 19.4. The summed E-state index contributed by atoms with van der Waals surface area (Å²) in [6, 6.07) is 21.6. The molecule has 0 radical (unpaired) electrons. The fourth-order valence-corrected chi connectivity index (χ4v) is 4.77. The number of imide groups is 1. The van der Waals surface area contributed by atoms with Crippen molar-refractivity contribution in [3.63, 3.8) is 0 Å². The first-order valence-electron chi connectivity index (χ1n) is 11.4. The molecular formula is C27H25ClN2O5. The number of carbonyl (C=O) groups is 2. The summed E-state index contributed by atoms with van der Waals surface area (Å²) in [5, 5.41) is 2.11. The van der Waals surface area contributed by atoms with Crippen molar-refractivity contribution in [2.45, 2.75) is 25.7 Å². The molecule has 2 heterocycles. The summed E-state index contributed by atoms with van der Waals surface area (Å²) in [6.45, 7) is 2.76. The number of hydrogen-bond acceptors (Lipinski definition) is 6. The van der Waals surface area contributed by atoms with Crippen LogP contribution in [0.2, 0.25) is 5.02 Å². The summed E-state index contributed by atoms with van der Waals surface area (Å²) in [5.74, 6) is -0.199. The molecule has 2 aliphatic rings. The highest BCUT2D eigenvalue weighted by atomic mass is 35.5. The summed E-state index contributed by atoms with van der Waals surface area (Å²) in [7, 11) is 1.73. The van der Waals surface area contributed by atoms with Gasteiger partial charge in [-0.25, -0.2) is 4.90 Å². The Balaban J connectivity index is 1.42. The molecule has 180 valence electrons. The number of carbonyl (C=O) groups excluding carboxylic acids is 2. The number of amides is 2. The van der Waals surface area contributed by atoms with Crippen LogP contribution in [0, 0.1) is 5.92 Å². The maximum absolute atomic E-state index is 13.5. The largest absolute Gasteiger partial charge is 0.490 e. The summed E-state index contributed by atoms with van der Waals surface area (Å²) in [4.78, 5) is 33.6. The van der Waals surface area contributed by atoms with E-state index in [9.17, 15) is 9.59 Å². The third-order valence-electron chi connectivity index (χ3n) is 6.24. The maximum atomic E-state index is 13.5. The lowest BCUT2D eigenvalue weighted by Gasteiger charge is -2.25. The van der Waals surface area contributed by atoms with Gasteiger partial charge in [-0.1, -0.05) is 48.0 Å². The van der Waals surface area contributed by atoms with Crippen LogP contribution in [0.5, 0.6) is 11.5 Å². The number of hydroxylamine groups is 2. The van der Waals surface area contributed by atoms with Gasteiger partial charge in [0.15, 0.2) is 17.6 Å². The van der Waals surface area contributed by atoms with Crippen molar-refractivity contribution in [2.24, 2.45) is 5.92 Å². The average Bonchev–Trinajstić information content (AvgIpc) is 3.33. The van der Waals surface area contributed by atoms with Crippen LogP contribution in [0.4, 0.5) is 5.69 Å². The summed E-state index contributed by atoms with van der Waals surface area (Å²) >= 11 is 5.98. The zero-order valence-corrected chi connectivity index (χ0v) is 20.1. The molecule has 3 aromatic carbocycles. The Morgan fingerprint density at radius 2 is 1.66 bits per heavy atom. The van der Waals surface area contributed by atoms with E-state index in [0.29, 0.717) is 35.4 Å². The molecule has 2 aliphatic heterocycles. The molecule has 8 heteroatoms. The molecule has 0 aliphatic carbocycles. The molecule has 0 N–H and O–H groups in total. The van der Waals surface area contributed by atoms with Gasteiger partial charge in [0.2, 0.25) is 5.91 Å². The van der Waals surface area contributed by atoms with Gasteiger partial charge in [-0.05, 0) is 54.4 Å². The third-order valence-corrected chi connectivity index (χ3v) is 6.49. The zero-order chi connectivity index (χ0) is 24.5. The number of fused-ring (bicyclic) bond motifs is 1. The molecule has 7 nitrogen and oxygen atoms in total. The monoisotopic (exact) mass is 492 g/mol. The minimum absolute atomic E-state index is 0.306. The summed E-state index contributed by atoms with van der Waals surface area (Å²) < 4.78 is 11.9. The number of halogens is 1. The van der Waals surface area contributed by atoms with Gasteiger partial charge in [0.25, 0.3) is 5.91 Å². The number of nitrogens with zero attached hydrogens (tertiary/aromatic N) is 2. The first-order valence-corrected chi connectivity index (χ1v) is 11.8. The Morgan fingerprint density at radius 3 is 2.37 bits per heavy atom. The van der Waals surface area contributed by atoms with Crippen LogP contribution in [0.25, 0.3) is 0 Å². The van der Waals surface area contributed by atoms with E-state index in [4.69, 9.17) is 25.9 Å². The minimum Gasteiger partial charge on any atom is -0.490 e. The minimum atomic E-state index is -0.891. The second kappa shape index (κ2) is 9.70. The van der Waals surface area contributed by atoms with E-state index in [-0.39, 0.29) is 11.8 Å². The van der Waals surface area contributed by atoms with Crippen molar-refractivity contribution in [1.82, 2.24) is 5.06 Å². The molecule has 0 unspecified atom stereocenters. The standard InChI is InChI=1S/C27H25ClN2O5/c1-3-33-22-15-18(9-14-21(22)34-16-17-7-5-4-6-8-17)24-23-25(35-29(24)2)27(32)30(26(23)31)20-12-10-19(28)11-13-20/h4-15,23-25H,3,16H2,1-2H3/t23-,24+,25-/m1/s1. The number of benzene rings is 3. The molecule has 5 rings (SSSR count). The van der Waals surface area contributed by atoms with E-state index in [0.717, 1.165) is 11.1 Å². The Labute approximate surface area is 208 Å². The first kappa shape index (κ1) is 23.4. The van der Waals surface area contributed by atoms with E-state index in [1.54, 1.807) is 36.4 Å². The van der Waals surface area contributed by atoms with Crippen LogP contribution in [-0.4, -0.2) is 36.6 Å². The Kier molecular flexibility index (Phi) is 6.47. The lowest BCUT2D eigenvalue weighted by atomic mass is 9.91. The number of anilines is 1. The fraction of sp³-hybridized carbons (Fsp3) is 0.259. The van der Waals surface area contributed by atoms with Gasteiger partial charge in [-0.3, -0.25) is 14.4 Å². The predicted molar refractivity (Wildman–Crippen MR) is 131 cm³/mol. The molecule has 0 bridgehead atoms. The van der Waals surface area contributed by atoms with Gasteiger partial charge in [0.1, 0.15) is 6.61 Å². The van der Waals surface area contributed by atoms with Gasteiger partial charge < -0.3 is 9.47 Å². The van der Waals surface area contributed by atoms with Gasteiger partial charge in [-0.2, -0.15) is 5.06 Å². The van der Waals surface area contributed by atoms with Crippen molar-refractivity contribution >= 4 is 29.1 Å². The Hall–Kier alpha value is -3.39. The van der Waals surface area contributed by atoms with Crippen molar-refractivity contribution in [3.8, 4) is 11.5 Å².